The number of hydrogen-bond acceptors (Lipinski definition) is 6. The summed E-state index contributed by atoms with van der Waals surface area (Å²) in [5.41, 5.74) is 0.796. The van der Waals surface area contributed by atoms with Crippen LogP contribution in [0.1, 0.15) is 6.42 Å². The number of thioether (sulfide) groups is 1. The number of hydrogen-bond donors (Lipinski definition) is 0. The lowest BCUT2D eigenvalue weighted by Gasteiger charge is -2.38. The SMILES string of the molecule is O=C(CCSc1ccccc1)OC1CN(c2nc3ccc(F)cc3s2)C1. The molecule has 0 N–H and O–H groups in total. The van der Waals surface area contributed by atoms with Crippen molar-refractivity contribution in [2.75, 3.05) is 23.7 Å². The number of ether oxygens (including phenoxy) is 1. The van der Waals surface area contributed by atoms with E-state index in [4.69, 9.17) is 4.74 Å². The molecule has 0 radical (unpaired) electrons. The lowest BCUT2D eigenvalue weighted by Crippen LogP contribution is -2.53. The van der Waals surface area contributed by atoms with Gasteiger partial charge in [0, 0.05) is 10.6 Å². The van der Waals surface area contributed by atoms with Crippen LogP contribution in [0, 0.1) is 5.82 Å². The highest BCUT2D eigenvalue weighted by atomic mass is 32.2. The van der Waals surface area contributed by atoms with Crippen molar-refractivity contribution in [3.05, 3.63) is 54.3 Å². The van der Waals surface area contributed by atoms with Gasteiger partial charge in [-0.3, -0.25) is 4.79 Å². The average molecular weight is 388 g/mol. The fourth-order valence-corrected chi connectivity index (χ4v) is 4.57. The van der Waals surface area contributed by atoms with Crippen LogP contribution in [0.2, 0.25) is 0 Å². The molecular formula is C19H17FN2O2S2. The van der Waals surface area contributed by atoms with Crippen molar-refractivity contribution < 1.29 is 13.9 Å². The molecule has 0 spiro atoms. The molecule has 1 fully saturated rings. The zero-order valence-corrected chi connectivity index (χ0v) is 15.6. The number of anilines is 1. The first-order chi connectivity index (χ1) is 12.7. The minimum atomic E-state index is -0.253. The van der Waals surface area contributed by atoms with Crippen LogP contribution in [0.3, 0.4) is 0 Å². The summed E-state index contributed by atoms with van der Waals surface area (Å²) in [5.74, 6) is 0.295. The monoisotopic (exact) mass is 388 g/mol. The number of aromatic nitrogens is 1. The Morgan fingerprint density at radius 3 is 2.88 bits per heavy atom. The van der Waals surface area contributed by atoms with Crippen LogP contribution in [0.5, 0.6) is 0 Å². The third-order valence-corrected chi connectivity index (χ3v) is 6.17. The predicted octanol–water partition coefficient (Wildman–Crippen LogP) is 4.35. The van der Waals surface area contributed by atoms with E-state index in [0.717, 1.165) is 20.2 Å². The van der Waals surface area contributed by atoms with Gasteiger partial charge in [0.2, 0.25) is 0 Å². The van der Waals surface area contributed by atoms with Crippen molar-refractivity contribution in [3.63, 3.8) is 0 Å². The second-order valence-electron chi connectivity index (χ2n) is 6.04. The number of carbonyl (C=O) groups is 1. The van der Waals surface area contributed by atoms with E-state index in [9.17, 15) is 9.18 Å². The second kappa shape index (κ2) is 7.63. The maximum Gasteiger partial charge on any atom is 0.307 e. The van der Waals surface area contributed by atoms with Gasteiger partial charge >= 0.3 is 5.97 Å². The Kier molecular flexibility index (Phi) is 5.08. The zero-order valence-electron chi connectivity index (χ0n) is 13.9. The molecule has 3 aromatic rings. The van der Waals surface area contributed by atoms with E-state index in [2.05, 4.69) is 9.88 Å². The number of halogens is 1. The number of esters is 1. The molecule has 4 rings (SSSR count). The third kappa shape index (κ3) is 3.99. The van der Waals surface area contributed by atoms with Gasteiger partial charge in [-0.1, -0.05) is 29.5 Å². The smallest absolute Gasteiger partial charge is 0.307 e. The van der Waals surface area contributed by atoms with Gasteiger partial charge in [-0.05, 0) is 30.3 Å². The third-order valence-electron chi connectivity index (χ3n) is 4.07. The van der Waals surface area contributed by atoms with Crippen LogP contribution >= 0.6 is 23.1 Å². The van der Waals surface area contributed by atoms with Crippen LogP contribution in [-0.4, -0.2) is 35.9 Å². The topological polar surface area (TPSA) is 42.4 Å². The van der Waals surface area contributed by atoms with Gasteiger partial charge in [0.05, 0.1) is 29.7 Å². The first-order valence-corrected chi connectivity index (χ1v) is 10.2. The van der Waals surface area contributed by atoms with Crippen molar-refractivity contribution in [2.45, 2.75) is 17.4 Å². The molecular weight excluding hydrogens is 371 g/mol. The lowest BCUT2D eigenvalue weighted by molar-refractivity contribution is -0.149. The van der Waals surface area contributed by atoms with Crippen molar-refractivity contribution in [1.82, 2.24) is 4.98 Å². The summed E-state index contributed by atoms with van der Waals surface area (Å²) >= 11 is 3.11. The molecule has 0 amide bonds. The highest BCUT2D eigenvalue weighted by Crippen LogP contribution is 2.32. The fourth-order valence-electron chi connectivity index (χ4n) is 2.70. The maximum atomic E-state index is 13.3. The van der Waals surface area contributed by atoms with Crippen molar-refractivity contribution in [3.8, 4) is 0 Å². The summed E-state index contributed by atoms with van der Waals surface area (Å²) in [6.07, 6.45) is 0.309. The lowest BCUT2D eigenvalue weighted by atomic mass is 10.2. The van der Waals surface area contributed by atoms with Gasteiger partial charge in [0.25, 0.3) is 0 Å². The van der Waals surface area contributed by atoms with E-state index in [0.29, 0.717) is 25.3 Å². The van der Waals surface area contributed by atoms with Crippen LogP contribution in [0.25, 0.3) is 10.2 Å². The normalized spacial score (nSPS) is 14.4. The van der Waals surface area contributed by atoms with E-state index in [1.165, 1.54) is 23.5 Å². The molecule has 1 saturated heterocycles. The Morgan fingerprint density at radius 1 is 1.27 bits per heavy atom. The minimum absolute atomic E-state index is 0.0898. The largest absolute Gasteiger partial charge is 0.459 e. The first-order valence-electron chi connectivity index (χ1n) is 8.36. The van der Waals surface area contributed by atoms with Gasteiger partial charge in [-0.25, -0.2) is 9.37 Å². The number of benzene rings is 2. The van der Waals surface area contributed by atoms with Gasteiger partial charge in [0.1, 0.15) is 11.9 Å². The van der Waals surface area contributed by atoms with Gasteiger partial charge in [-0.15, -0.1) is 11.8 Å². The van der Waals surface area contributed by atoms with Gasteiger partial charge in [-0.2, -0.15) is 0 Å². The van der Waals surface area contributed by atoms with Crippen molar-refractivity contribution in [2.24, 2.45) is 0 Å². The highest BCUT2D eigenvalue weighted by molar-refractivity contribution is 7.99. The predicted molar refractivity (Wildman–Crippen MR) is 103 cm³/mol. The molecule has 7 heteroatoms. The summed E-state index contributed by atoms with van der Waals surface area (Å²) in [6, 6.07) is 14.6. The van der Waals surface area contributed by atoms with E-state index in [1.54, 1.807) is 17.8 Å². The molecule has 2 heterocycles. The molecule has 2 aromatic carbocycles. The molecule has 0 atom stereocenters. The quantitative estimate of drug-likeness (QED) is 0.464. The van der Waals surface area contributed by atoms with Crippen molar-refractivity contribution >= 4 is 44.4 Å². The molecule has 134 valence electrons. The summed E-state index contributed by atoms with van der Waals surface area (Å²) < 4.78 is 19.6. The molecule has 0 unspecified atom stereocenters. The first kappa shape index (κ1) is 17.3. The number of carbonyl (C=O) groups excluding carboxylic acids is 1. The highest BCUT2D eigenvalue weighted by Gasteiger charge is 2.32. The average Bonchev–Trinajstić information content (AvgIpc) is 3.01. The van der Waals surface area contributed by atoms with Crippen LogP contribution in [0.15, 0.2) is 53.4 Å². The molecule has 1 aliphatic rings. The Balaban J connectivity index is 1.22. The molecule has 1 aromatic heterocycles. The van der Waals surface area contributed by atoms with Crippen LogP contribution < -0.4 is 4.90 Å². The summed E-state index contributed by atoms with van der Waals surface area (Å²) in [7, 11) is 0. The number of nitrogens with zero attached hydrogens (tertiary/aromatic N) is 2. The van der Waals surface area contributed by atoms with E-state index >= 15 is 0 Å². The molecule has 0 aliphatic carbocycles. The number of fused-ring (bicyclic) bond motifs is 1. The number of rotatable bonds is 6. The molecule has 4 nitrogen and oxygen atoms in total. The molecule has 1 aliphatic heterocycles. The Bertz CT molecular complexity index is 910. The summed E-state index contributed by atoms with van der Waals surface area (Å²) in [6.45, 7) is 1.28. The Morgan fingerprint density at radius 2 is 2.08 bits per heavy atom. The zero-order chi connectivity index (χ0) is 17.9. The summed E-state index contributed by atoms with van der Waals surface area (Å²) in [4.78, 5) is 19.7. The maximum absolute atomic E-state index is 13.3. The van der Waals surface area contributed by atoms with E-state index in [1.807, 2.05) is 30.3 Å². The molecule has 0 bridgehead atoms. The Labute approximate surface area is 159 Å². The van der Waals surface area contributed by atoms with Gasteiger partial charge < -0.3 is 9.64 Å². The Hall–Kier alpha value is -2.12. The molecule has 26 heavy (non-hydrogen) atoms. The van der Waals surface area contributed by atoms with E-state index in [-0.39, 0.29) is 17.9 Å². The minimum Gasteiger partial charge on any atom is -0.459 e. The van der Waals surface area contributed by atoms with E-state index < -0.39 is 0 Å². The standard InChI is InChI=1S/C19H17FN2O2S2/c20-13-6-7-16-17(10-13)26-19(21-16)22-11-14(12-22)24-18(23)8-9-25-15-4-2-1-3-5-15/h1-7,10,14H,8-9,11-12H2. The number of thiazole rings is 1. The van der Waals surface area contributed by atoms with Crippen LogP contribution in [0.4, 0.5) is 9.52 Å². The second-order valence-corrected chi connectivity index (χ2v) is 8.21. The summed E-state index contributed by atoms with van der Waals surface area (Å²) in [5, 5.41) is 0.845. The van der Waals surface area contributed by atoms with Crippen molar-refractivity contribution in [1.29, 1.82) is 0 Å². The van der Waals surface area contributed by atoms with Gasteiger partial charge in [0.15, 0.2) is 5.13 Å². The molecule has 0 saturated carbocycles. The fraction of sp³-hybridized carbons (Fsp3) is 0.263. The van der Waals surface area contributed by atoms with Crippen LogP contribution in [-0.2, 0) is 9.53 Å².